The highest BCUT2D eigenvalue weighted by Crippen LogP contribution is 2.37. The van der Waals surface area contributed by atoms with Crippen LogP contribution in [-0.2, 0) is 10.0 Å². The molecule has 1 atom stereocenters. The molecule has 4 rings (SSSR count). The molecule has 3 aromatic rings. The molecule has 10 heteroatoms. The highest BCUT2D eigenvalue weighted by atomic mass is 32.2. The fraction of sp³-hybridized carbons (Fsp3) is 0.292. The summed E-state index contributed by atoms with van der Waals surface area (Å²) < 4.78 is 33.7. The Hall–Kier alpha value is -3.66. The zero-order valence-corrected chi connectivity index (χ0v) is 20.0. The topological polar surface area (TPSA) is 128 Å². The minimum atomic E-state index is -4.27. The average molecular weight is 482 g/mol. The van der Waals surface area contributed by atoms with E-state index in [0.29, 0.717) is 23.2 Å². The van der Waals surface area contributed by atoms with Gasteiger partial charge in [0.15, 0.2) is 5.03 Å². The summed E-state index contributed by atoms with van der Waals surface area (Å²) in [5.41, 5.74) is 6.21. The highest BCUT2D eigenvalue weighted by molar-refractivity contribution is 7.90. The van der Waals surface area contributed by atoms with Gasteiger partial charge in [0.2, 0.25) is 5.88 Å². The van der Waals surface area contributed by atoms with Crippen LogP contribution in [0.4, 0.5) is 11.5 Å². The summed E-state index contributed by atoms with van der Waals surface area (Å²) in [6.07, 6.45) is 2.53. The molecule has 1 aliphatic rings. The van der Waals surface area contributed by atoms with Gasteiger partial charge in [0.25, 0.3) is 15.9 Å². The molecule has 1 amide bonds. The summed E-state index contributed by atoms with van der Waals surface area (Å²) in [4.78, 5) is 23.6. The number of hydrogen-bond donors (Lipinski definition) is 2. The number of sulfonamides is 1. The summed E-state index contributed by atoms with van der Waals surface area (Å²) in [5, 5.41) is -0.339. The first kappa shape index (κ1) is 23.5. The van der Waals surface area contributed by atoms with Crippen LogP contribution in [0.3, 0.4) is 0 Å². The summed E-state index contributed by atoms with van der Waals surface area (Å²) in [6.45, 7) is 7.03. The molecule has 1 saturated heterocycles. The van der Waals surface area contributed by atoms with Crippen molar-refractivity contribution in [1.82, 2.24) is 14.7 Å². The van der Waals surface area contributed by atoms with Crippen molar-refractivity contribution in [2.24, 2.45) is 5.92 Å². The van der Waals surface area contributed by atoms with Crippen LogP contribution in [0.25, 0.3) is 0 Å². The van der Waals surface area contributed by atoms with E-state index in [2.05, 4.69) is 40.4 Å². The van der Waals surface area contributed by atoms with Gasteiger partial charge in [-0.1, -0.05) is 13.0 Å². The van der Waals surface area contributed by atoms with E-state index >= 15 is 0 Å². The molecule has 1 unspecified atom stereocenters. The Labute approximate surface area is 199 Å². The lowest BCUT2D eigenvalue weighted by atomic mass is 9.97. The molecular weight excluding hydrogens is 454 g/mol. The van der Waals surface area contributed by atoms with E-state index in [4.69, 9.17) is 10.5 Å². The molecule has 0 radical (unpaired) electrons. The summed E-state index contributed by atoms with van der Waals surface area (Å²) in [6, 6.07) is 14.1. The predicted octanol–water partition coefficient (Wildman–Crippen LogP) is 3.59. The lowest BCUT2D eigenvalue weighted by molar-refractivity contribution is 0.0981. The lowest BCUT2D eigenvalue weighted by Crippen LogP contribution is -2.41. The SMILES string of the molecule is CC1CN(c2ncccc2C(=O)NS(=O)(=O)c2cccc(Oc3ccc(N)cc3)n2)C(C)(C)C1. The third-order valence-corrected chi connectivity index (χ3v) is 6.89. The number of amides is 1. The van der Waals surface area contributed by atoms with Gasteiger partial charge >= 0.3 is 0 Å². The number of hydrogen-bond acceptors (Lipinski definition) is 8. The molecule has 0 aliphatic carbocycles. The molecule has 2 aromatic heterocycles. The molecule has 1 aliphatic heterocycles. The van der Waals surface area contributed by atoms with Crippen LogP contribution in [0.1, 0.15) is 37.6 Å². The van der Waals surface area contributed by atoms with E-state index in [1.165, 1.54) is 18.2 Å². The standard InChI is InChI=1S/C24H27N5O4S/c1-16-14-24(2,3)29(15-16)22-19(6-5-13-26-22)23(30)28-34(31,32)21-8-4-7-20(27-21)33-18-11-9-17(25)10-12-18/h4-13,16H,14-15,25H2,1-3H3,(H,28,30). The first-order valence-electron chi connectivity index (χ1n) is 10.9. The summed E-state index contributed by atoms with van der Waals surface area (Å²) in [5.74, 6) is 0.616. The smallest absolute Gasteiger partial charge is 0.281 e. The summed E-state index contributed by atoms with van der Waals surface area (Å²) >= 11 is 0. The van der Waals surface area contributed by atoms with Crippen LogP contribution in [0.5, 0.6) is 11.6 Å². The fourth-order valence-electron chi connectivity index (χ4n) is 4.24. The Morgan fingerprint density at radius 1 is 1.15 bits per heavy atom. The normalized spacial score (nSPS) is 17.4. The van der Waals surface area contributed by atoms with E-state index in [9.17, 15) is 13.2 Å². The minimum absolute atomic E-state index is 0.0648. The van der Waals surface area contributed by atoms with Crippen molar-refractivity contribution in [1.29, 1.82) is 0 Å². The second-order valence-corrected chi connectivity index (χ2v) is 10.7. The van der Waals surface area contributed by atoms with Gasteiger partial charge in [0.05, 0.1) is 5.56 Å². The minimum Gasteiger partial charge on any atom is -0.439 e. The number of rotatable bonds is 6. The molecule has 1 aromatic carbocycles. The van der Waals surface area contributed by atoms with E-state index in [1.807, 2.05) is 0 Å². The number of carbonyl (C=O) groups excluding carboxylic acids is 1. The van der Waals surface area contributed by atoms with Crippen LogP contribution in [0.15, 0.2) is 65.8 Å². The van der Waals surface area contributed by atoms with Gasteiger partial charge in [-0.05, 0) is 68.7 Å². The number of nitrogen functional groups attached to an aromatic ring is 1. The maximum absolute atomic E-state index is 13.1. The van der Waals surface area contributed by atoms with E-state index in [-0.39, 0.29) is 22.0 Å². The van der Waals surface area contributed by atoms with E-state index in [0.717, 1.165) is 13.0 Å². The zero-order valence-electron chi connectivity index (χ0n) is 19.2. The number of aromatic nitrogens is 2. The van der Waals surface area contributed by atoms with Crippen LogP contribution >= 0.6 is 0 Å². The van der Waals surface area contributed by atoms with Gasteiger partial charge < -0.3 is 15.4 Å². The molecule has 0 bridgehead atoms. The van der Waals surface area contributed by atoms with Crippen molar-refractivity contribution in [3.63, 3.8) is 0 Å². The van der Waals surface area contributed by atoms with Crippen LogP contribution in [-0.4, -0.2) is 36.4 Å². The van der Waals surface area contributed by atoms with Gasteiger partial charge in [0, 0.05) is 30.0 Å². The van der Waals surface area contributed by atoms with Gasteiger partial charge in [-0.25, -0.2) is 9.71 Å². The van der Waals surface area contributed by atoms with Gasteiger partial charge in [-0.2, -0.15) is 13.4 Å². The van der Waals surface area contributed by atoms with Gasteiger partial charge in [-0.3, -0.25) is 4.79 Å². The number of nitrogens with one attached hydrogen (secondary N) is 1. The number of ether oxygens (including phenoxy) is 1. The first-order valence-corrected chi connectivity index (χ1v) is 12.3. The number of carbonyl (C=O) groups is 1. The van der Waals surface area contributed by atoms with Crippen molar-refractivity contribution in [3.05, 3.63) is 66.4 Å². The van der Waals surface area contributed by atoms with Crippen molar-refractivity contribution < 1.29 is 17.9 Å². The van der Waals surface area contributed by atoms with Crippen molar-refractivity contribution in [3.8, 4) is 11.6 Å². The molecule has 9 nitrogen and oxygen atoms in total. The molecule has 0 saturated carbocycles. The van der Waals surface area contributed by atoms with Gasteiger partial charge in [0.1, 0.15) is 11.6 Å². The Bertz CT molecular complexity index is 1310. The van der Waals surface area contributed by atoms with E-state index < -0.39 is 15.9 Å². The lowest BCUT2D eigenvalue weighted by Gasteiger charge is -2.33. The van der Waals surface area contributed by atoms with Crippen LogP contribution < -0.4 is 20.1 Å². The number of pyridine rings is 2. The van der Waals surface area contributed by atoms with Crippen LogP contribution in [0.2, 0.25) is 0 Å². The Morgan fingerprint density at radius 3 is 2.56 bits per heavy atom. The fourth-order valence-corrected chi connectivity index (χ4v) is 5.16. The molecular formula is C24H27N5O4S. The number of nitrogens with zero attached hydrogens (tertiary/aromatic N) is 3. The second-order valence-electron chi connectivity index (χ2n) is 9.03. The maximum atomic E-state index is 13.1. The molecule has 178 valence electrons. The zero-order chi connectivity index (χ0) is 24.5. The first-order chi connectivity index (χ1) is 16.0. The monoisotopic (exact) mass is 481 g/mol. The van der Waals surface area contributed by atoms with Crippen molar-refractivity contribution in [2.45, 2.75) is 37.8 Å². The number of anilines is 2. The molecule has 1 fully saturated rings. The average Bonchev–Trinajstić information content (AvgIpc) is 3.07. The third-order valence-electron chi connectivity index (χ3n) is 5.66. The van der Waals surface area contributed by atoms with Gasteiger partial charge in [-0.15, -0.1) is 0 Å². The number of benzene rings is 1. The van der Waals surface area contributed by atoms with Crippen LogP contribution in [0, 0.1) is 5.92 Å². The molecule has 3 N–H and O–H groups in total. The maximum Gasteiger partial charge on any atom is 0.281 e. The number of nitrogens with two attached hydrogens (primary N) is 1. The molecule has 0 spiro atoms. The highest BCUT2D eigenvalue weighted by Gasteiger charge is 2.39. The Balaban J connectivity index is 1.57. The molecule has 3 heterocycles. The predicted molar refractivity (Wildman–Crippen MR) is 129 cm³/mol. The Kier molecular flexibility index (Phi) is 6.18. The molecule has 34 heavy (non-hydrogen) atoms. The summed E-state index contributed by atoms with van der Waals surface area (Å²) in [7, 11) is -4.27. The van der Waals surface area contributed by atoms with Crippen molar-refractivity contribution >= 4 is 27.4 Å². The third kappa shape index (κ3) is 4.96. The largest absolute Gasteiger partial charge is 0.439 e. The second kappa shape index (κ2) is 8.94. The quantitative estimate of drug-likeness (QED) is 0.511. The van der Waals surface area contributed by atoms with Crippen molar-refractivity contribution in [2.75, 3.05) is 17.2 Å². The van der Waals surface area contributed by atoms with E-state index in [1.54, 1.807) is 42.6 Å². The Morgan fingerprint density at radius 2 is 1.88 bits per heavy atom.